The molecule has 5 rings (SSSR count). The van der Waals surface area contributed by atoms with Gasteiger partial charge >= 0.3 is 0 Å². The molecule has 136 valence electrons. The number of pyridine rings is 1. The van der Waals surface area contributed by atoms with Crippen molar-refractivity contribution in [2.75, 3.05) is 11.4 Å². The highest BCUT2D eigenvalue weighted by atomic mass is 19.1. The normalized spacial score (nSPS) is 18.7. The Labute approximate surface area is 156 Å². The second-order valence-corrected chi connectivity index (χ2v) is 7.43. The fraction of sp³-hybridized carbons (Fsp3) is 0.273. The fourth-order valence-electron chi connectivity index (χ4n) is 4.04. The van der Waals surface area contributed by atoms with E-state index in [-0.39, 0.29) is 17.8 Å². The average Bonchev–Trinajstić information content (AvgIpc) is 3.46. The summed E-state index contributed by atoms with van der Waals surface area (Å²) in [6.45, 7) is 0.382. The third-order valence-electron chi connectivity index (χ3n) is 5.58. The maximum Gasteiger partial charge on any atom is 0.259 e. The Morgan fingerprint density at radius 3 is 2.78 bits per heavy atom. The molecule has 1 fully saturated rings. The van der Waals surface area contributed by atoms with Gasteiger partial charge in [0.05, 0.1) is 17.1 Å². The molecule has 1 aliphatic carbocycles. The summed E-state index contributed by atoms with van der Waals surface area (Å²) in [5.74, 6) is -0.0906. The van der Waals surface area contributed by atoms with E-state index in [1.54, 1.807) is 11.0 Å². The van der Waals surface area contributed by atoms with Gasteiger partial charge in [0, 0.05) is 29.2 Å². The number of nitrogens with zero attached hydrogens (tertiary/aromatic N) is 2. The summed E-state index contributed by atoms with van der Waals surface area (Å²) >= 11 is 0. The molecule has 0 saturated heterocycles. The third-order valence-corrected chi connectivity index (χ3v) is 5.58. The first-order valence-electron chi connectivity index (χ1n) is 9.37. The topological polar surface area (TPSA) is 59.2 Å². The largest absolute Gasteiger partial charge is 0.328 e. The van der Waals surface area contributed by atoms with Crippen LogP contribution >= 0.6 is 0 Å². The lowest BCUT2D eigenvalue weighted by Crippen LogP contribution is -2.42. The number of aromatic nitrogens is 1. The lowest BCUT2D eigenvalue weighted by atomic mass is 10.0. The smallest absolute Gasteiger partial charge is 0.259 e. The molecule has 27 heavy (non-hydrogen) atoms. The molecule has 1 saturated carbocycles. The van der Waals surface area contributed by atoms with Gasteiger partial charge in [-0.05, 0) is 55.2 Å². The maximum atomic E-state index is 13.9. The van der Waals surface area contributed by atoms with Gasteiger partial charge in [-0.2, -0.15) is 0 Å². The van der Waals surface area contributed by atoms with Gasteiger partial charge in [0.15, 0.2) is 0 Å². The van der Waals surface area contributed by atoms with E-state index in [1.165, 1.54) is 12.1 Å². The van der Waals surface area contributed by atoms with E-state index in [9.17, 15) is 9.18 Å². The predicted molar refractivity (Wildman–Crippen MR) is 103 cm³/mol. The molecular weight excluding hydrogens is 341 g/mol. The van der Waals surface area contributed by atoms with Crippen molar-refractivity contribution in [1.29, 1.82) is 0 Å². The van der Waals surface area contributed by atoms with Crippen molar-refractivity contribution in [3.05, 3.63) is 71.2 Å². The molecule has 1 atom stereocenters. The van der Waals surface area contributed by atoms with Crippen LogP contribution in [-0.4, -0.2) is 23.5 Å². The molecule has 1 unspecified atom stereocenters. The first-order chi connectivity index (χ1) is 13.2. The molecule has 3 aromatic rings. The van der Waals surface area contributed by atoms with Crippen molar-refractivity contribution in [3.8, 4) is 0 Å². The van der Waals surface area contributed by atoms with Crippen molar-refractivity contribution < 1.29 is 9.18 Å². The summed E-state index contributed by atoms with van der Waals surface area (Å²) in [5, 5.41) is 0.560. The summed E-state index contributed by atoms with van der Waals surface area (Å²) in [4.78, 5) is 20.1. The number of rotatable bonds is 3. The minimum absolute atomic E-state index is 0.0870. The molecule has 0 spiro atoms. The molecule has 0 bridgehead atoms. The van der Waals surface area contributed by atoms with Crippen LogP contribution in [0.3, 0.4) is 0 Å². The Hall–Kier alpha value is -2.79. The van der Waals surface area contributed by atoms with Gasteiger partial charge in [0.25, 0.3) is 5.91 Å². The number of para-hydroxylation sites is 1. The van der Waals surface area contributed by atoms with Gasteiger partial charge in [0.1, 0.15) is 5.82 Å². The lowest BCUT2D eigenvalue weighted by Gasteiger charge is -2.25. The Kier molecular flexibility index (Phi) is 3.72. The number of halogens is 1. The second kappa shape index (κ2) is 6.13. The molecule has 1 aromatic heterocycles. The number of hydrogen-bond acceptors (Lipinski definition) is 3. The van der Waals surface area contributed by atoms with E-state index in [0.717, 1.165) is 36.2 Å². The van der Waals surface area contributed by atoms with Gasteiger partial charge in [-0.15, -0.1) is 0 Å². The van der Waals surface area contributed by atoms with E-state index >= 15 is 0 Å². The van der Waals surface area contributed by atoms with E-state index < -0.39 is 0 Å². The number of carbonyl (C=O) groups is 1. The number of anilines is 1. The number of fused-ring (bicyclic) bond motifs is 2. The summed E-state index contributed by atoms with van der Waals surface area (Å²) in [6.07, 6.45) is 2.92. The van der Waals surface area contributed by atoms with Crippen molar-refractivity contribution in [1.82, 2.24) is 4.98 Å². The summed E-state index contributed by atoms with van der Waals surface area (Å²) in [5.41, 5.74) is 10.1. The Morgan fingerprint density at radius 1 is 1.19 bits per heavy atom. The number of amides is 1. The third kappa shape index (κ3) is 2.70. The van der Waals surface area contributed by atoms with Gasteiger partial charge in [-0.25, -0.2) is 4.39 Å². The van der Waals surface area contributed by atoms with Crippen LogP contribution in [0, 0.1) is 5.82 Å². The maximum absolute atomic E-state index is 13.9. The van der Waals surface area contributed by atoms with Gasteiger partial charge in [-0.3, -0.25) is 9.78 Å². The second-order valence-electron chi connectivity index (χ2n) is 7.43. The number of benzene rings is 2. The monoisotopic (exact) mass is 361 g/mol. The first kappa shape index (κ1) is 16.4. The molecule has 1 amide bonds. The Balaban J connectivity index is 1.68. The standard InChI is InChI=1S/C22H20FN3O/c23-15-7-8-19-17(10-15)18(11-20(25-19)13-5-6-13)22(27)26-16(12-24)9-14-3-1-2-4-21(14)26/h1-4,7-8,10-11,13,16H,5-6,9,12,24H2. The SMILES string of the molecule is NCC1Cc2ccccc2N1C(=O)c1cc(C2CC2)nc2ccc(F)cc12. The number of carbonyl (C=O) groups excluding carboxylic acids is 1. The summed E-state index contributed by atoms with van der Waals surface area (Å²) in [6, 6.07) is 14.1. The molecule has 0 radical (unpaired) electrons. The van der Waals surface area contributed by atoms with E-state index in [2.05, 4.69) is 4.98 Å². The van der Waals surface area contributed by atoms with Gasteiger partial charge < -0.3 is 10.6 Å². The highest BCUT2D eigenvalue weighted by Crippen LogP contribution is 2.41. The molecular formula is C22H20FN3O. The molecule has 2 aliphatic rings. The van der Waals surface area contributed by atoms with E-state index in [4.69, 9.17) is 5.73 Å². The Morgan fingerprint density at radius 2 is 2.00 bits per heavy atom. The van der Waals surface area contributed by atoms with Crippen LogP contribution < -0.4 is 10.6 Å². The van der Waals surface area contributed by atoms with Crippen LogP contribution in [0.25, 0.3) is 10.9 Å². The quantitative estimate of drug-likeness (QED) is 0.772. The summed E-state index contributed by atoms with van der Waals surface area (Å²) in [7, 11) is 0. The van der Waals surface area contributed by atoms with Gasteiger partial charge in [-0.1, -0.05) is 18.2 Å². The van der Waals surface area contributed by atoms with Crippen molar-refractivity contribution in [2.45, 2.75) is 31.2 Å². The molecule has 2 heterocycles. The minimum Gasteiger partial charge on any atom is -0.328 e. The lowest BCUT2D eigenvalue weighted by molar-refractivity contribution is 0.0981. The van der Waals surface area contributed by atoms with Crippen LogP contribution in [0.5, 0.6) is 0 Å². The van der Waals surface area contributed by atoms with Gasteiger partial charge in [0.2, 0.25) is 0 Å². The fourth-order valence-corrected chi connectivity index (χ4v) is 4.04. The zero-order valence-corrected chi connectivity index (χ0v) is 14.9. The highest BCUT2D eigenvalue weighted by Gasteiger charge is 2.35. The zero-order valence-electron chi connectivity index (χ0n) is 14.9. The number of hydrogen-bond donors (Lipinski definition) is 1. The Bertz CT molecular complexity index is 1060. The average molecular weight is 361 g/mol. The molecule has 2 aromatic carbocycles. The molecule has 1 aliphatic heterocycles. The van der Waals surface area contributed by atoms with Crippen molar-refractivity contribution in [3.63, 3.8) is 0 Å². The molecule has 2 N–H and O–H groups in total. The zero-order chi connectivity index (χ0) is 18.5. The minimum atomic E-state index is -0.366. The summed E-state index contributed by atoms with van der Waals surface area (Å²) < 4.78 is 13.9. The van der Waals surface area contributed by atoms with E-state index in [1.807, 2.05) is 30.3 Å². The van der Waals surface area contributed by atoms with Crippen molar-refractivity contribution in [2.24, 2.45) is 5.73 Å². The highest BCUT2D eigenvalue weighted by molar-refractivity contribution is 6.14. The van der Waals surface area contributed by atoms with Crippen LogP contribution in [0.4, 0.5) is 10.1 Å². The van der Waals surface area contributed by atoms with Crippen LogP contribution in [0.2, 0.25) is 0 Å². The molecule has 5 heteroatoms. The van der Waals surface area contributed by atoms with Crippen LogP contribution in [0.1, 0.15) is 40.4 Å². The van der Waals surface area contributed by atoms with Crippen molar-refractivity contribution >= 4 is 22.5 Å². The van der Waals surface area contributed by atoms with Crippen LogP contribution in [-0.2, 0) is 6.42 Å². The van der Waals surface area contributed by atoms with E-state index in [0.29, 0.717) is 28.9 Å². The first-order valence-corrected chi connectivity index (χ1v) is 9.37. The van der Waals surface area contributed by atoms with Crippen LogP contribution in [0.15, 0.2) is 48.5 Å². The molecule has 4 nitrogen and oxygen atoms in total. The predicted octanol–water partition coefficient (Wildman–Crippen LogP) is 3.78. The number of nitrogens with two attached hydrogens (primary N) is 1.